The molecule has 0 aliphatic rings. The molecule has 0 aliphatic heterocycles. The summed E-state index contributed by atoms with van der Waals surface area (Å²) in [5.74, 6) is -1.77. The minimum Gasteiger partial charge on any atom is -0.493 e. The fourth-order valence-electron chi connectivity index (χ4n) is 1.52. The van der Waals surface area contributed by atoms with Crippen LogP contribution in [0.3, 0.4) is 0 Å². The number of nitrogens with zero attached hydrogens (tertiary/aromatic N) is 2. The Morgan fingerprint density at radius 1 is 1.39 bits per heavy atom. The molecule has 0 spiro atoms. The number of hydrogen-bond acceptors (Lipinski definition) is 3. The Morgan fingerprint density at radius 2 is 2.11 bits per heavy atom. The van der Waals surface area contributed by atoms with Crippen molar-refractivity contribution < 1.29 is 18.7 Å². The first-order valence-electron chi connectivity index (χ1n) is 5.19. The summed E-state index contributed by atoms with van der Waals surface area (Å²) in [5.41, 5.74) is 0.118. The normalized spacial score (nSPS) is 10.6. The summed E-state index contributed by atoms with van der Waals surface area (Å²) in [7, 11) is 0. The van der Waals surface area contributed by atoms with Crippen LogP contribution < -0.4 is 0 Å². The fourth-order valence-corrected chi connectivity index (χ4v) is 1.52. The molecule has 0 saturated heterocycles. The lowest BCUT2D eigenvalue weighted by atomic mass is 10.2. The van der Waals surface area contributed by atoms with Crippen LogP contribution in [0, 0.1) is 11.6 Å². The molecule has 1 heterocycles. The predicted octanol–water partition coefficient (Wildman–Crippen LogP) is 2.12. The molecule has 1 aromatic carbocycles. The largest absolute Gasteiger partial charge is 0.493 e. The highest BCUT2D eigenvalue weighted by Gasteiger charge is 2.12. The Labute approximate surface area is 101 Å². The first-order valence-corrected chi connectivity index (χ1v) is 5.19. The molecular formula is C12H10F2N2O2. The summed E-state index contributed by atoms with van der Waals surface area (Å²) in [4.78, 5) is 11.1. The monoisotopic (exact) mass is 252 g/mol. The van der Waals surface area contributed by atoms with Gasteiger partial charge in [-0.2, -0.15) is 5.10 Å². The van der Waals surface area contributed by atoms with E-state index in [0.29, 0.717) is 0 Å². The highest BCUT2D eigenvalue weighted by atomic mass is 19.1. The Kier molecular flexibility index (Phi) is 3.10. The number of aromatic hydroxyl groups is 1. The second-order valence-electron chi connectivity index (χ2n) is 3.84. The van der Waals surface area contributed by atoms with E-state index in [1.807, 2.05) is 0 Å². The maximum Gasteiger partial charge on any atom is 0.210 e. The van der Waals surface area contributed by atoms with E-state index < -0.39 is 11.6 Å². The number of ketones is 1. The Hall–Kier alpha value is -2.24. The third-order valence-electron chi connectivity index (χ3n) is 2.45. The topological polar surface area (TPSA) is 55.1 Å². The molecule has 0 aliphatic carbocycles. The number of halogens is 2. The van der Waals surface area contributed by atoms with Crippen LogP contribution in [0.5, 0.6) is 5.88 Å². The molecule has 2 aromatic rings. The molecular weight excluding hydrogens is 242 g/mol. The van der Waals surface area contributed by atoms with Crippen molar-refractivity contribution in [2.75, 3.05) is 0 Å². The lowest BCUT2D eigenvalue weighted by Crippen LogP contribution is -2.05. The second kappa shape index (κ2) is 4.56. The number of benzene rings is 1. The highest BCUT2D eigenvalue weighted by Crippen LogP contribution is 2.17. The molecule has 94 valence electrons. The first kappa shape index (κ1) is 12.2. The van der Waals surface area contributed by atoms with E-state index in [1.165, 1.54) is 13.0 Å². The average Bonchev–Trinajstić information content (AvgIpc) is 2.66. The van der Waals surface area contributed by atoms with Crippen molar-refractivity contribution in [2.24, 2.45) is 0 Å². The maximum atomic E-state index is 13.4. The van der Waals surface area contributed by atoms with Crippen LogP contribution in [0.1, 0.15) is 23.0 Å². The summed E-state index contributed by atoms with van der Waals surface area (Å²) < 4.78 is 27.4. The lowest BCUT2D eigenvalue weighted by Gasteiger charge is -2.04. The van der Waals surface area contributed by atoms with Crippen molar-refractivity contribution in [3.8, 4) is 5.88 Å². The van der Waals surface area contributed by atoms with Crippen molar-refractivity contribution in [2.45, 2.75) is 13.5 Å². The molecule has 1 N–H and O–H groups in total. The van der Waals surface area contributed by atoms with E-state index in [4.69, 9.17) is 0 Å². The average molecular weight is 252 g/mol. The van der Waals surface area contributed by atoms with Crippen molar-refractivity contribution in [3.63, 3.8) is 0 Å². The molecule has 0 fully saturated rings. The van der Waals surface area contributed by atoms with Crippen molar-refractivity contribution >= 4 is 5.78 Å². The number of hydrogen-bond donors (Lipinski definition) is 1. The third-order valence-corrected chi connectivity index (χ3v) is 2.45. The van der Waals surface area contributed by atoms with Gasteiger partial charge < -0.3 is 5.11 Å². The van der Waals surface area contributed by atoms with Gasteiger partial charge in [-0.05, 0) is 18.2 Å². The van der Waals surface area contributed by atoms with E-state index in [1.54, 1.807) is 0 Å². The van der Waals surface area contributed by atoms with Gasteiger partial charge in [0.2, 0.25) is 5.88 Å². The summed E-state index contributed by atoms with van der Waals surface area (Å²) in [6.45, 7) is 1.15. The van der Waals surface area contributed by atoms with Crippen LogP contribution in [0.4, 0.5) is 8.78 Å². The summed E-state index contributed by atoms with van der Waals surface area (Å²) >= 11 is 0. The number of carbonyl (C=O) groups excluding carboxylic acids is 1. The first-order chi connectivity index (χ1) is 8.47. The third kappa shape index (κ3) is 2.37. The van der Waals surface area contributed by atoms with Gasteiger partial charge in [-0.15, -0.1) is 0 Å². The zero-order valence-electron chi connectivity index (χ0n) is 9.52. The van der Waals surface area contributed by atoms with Gasteiger partial charge in [-0.25, -0.2) is 13.5 Å². The van der Waals surface area contributed by atoms with Crippen LogP contribution in [0.15, 0.2) is 24.3 Å². The van der Waals surface area contributed by atoms with Crippen LogP contribution in [-0.4, -0.2) is 20.7 Å². The fraction of sp³-hybridized carbons (Fsp3) is 0.167. The van der Waals surface area contributed by atoms with Gasteiger partial charge in [-0.3, -0.25) is 4.79 Å². The molecule has 0 bridgehead atoms. The zero-order chi connectivity index (χ0) is 13.3. The molecule has 0 amide bonds. The van der Waals surface area contributed by atoms with E-state index in [2.05, 4.69) is 5.10 Å². The van der Waals surface area contributed by atoms with Crippen molar-refractivity contribution in [1.29, 1.82) is 0 Å². The number of rotatable bonds is 3. The van der Waals surface area contributed by atoms with E-state index in [-0.39, 0.29) is 29.5 Å². The minimum atomic E-state index is -0.601. The van der Waals surface area contributed by atoms with E-state index >= 15 is 0 Å². The molecule has 1 aromatic heterocycles. The Bertz CT molecular complexity index is 608. The standard InChI is InChI=1S/C12H10F2N2O2/c1-7(17)11-5-12(18)16(15-11)6-8-4-9(13)2-3-10(8)14/h2-5,18H,6H2,1H3. The van der Waals surface area contributed by atoms with Crippen LogP contribution >= 0.6 is 0 Å². The molecule has 4 nitrogen and oxygen atoms in total. The van der Waals surface area contributed by atoms with Gasteiger partial charge in [0.05, 0.1) is 6.54 Å². The van der Waals surface area contributed by atoms with Gasteiger partial charge in [0, 0.05) is 18.6 Å². The smallest absolute Gasteiger partial charge is 0.210 e. The van der Waals surface area contributed by atoms with Crippen molar-refractivity contribution in [1.82, 2.24) is 9.78 Å². The van der Waals surface area contributed by atoms with Gasteiger partial charge >= 0.3 is 0 Å². The zero-order valence-corrected chi connectivity index (χ0v) is 9.52. The van der Waals surface area contributed by atoms with Gasteiger partial charge in [-0.1, -0.05) is 0 Å². The molecule has 0 saturated carbocycles. The van der Waals surface area contributed by atoms with Crippen LogP contribution in [-0.2, 0) is 6.54 Å². The molecule has 0 radical (unpaired) electrons. The summed E-state index contributed by atoms with van der Waals surface area (Å²) in [6.07, 6.45) is 0. The van der Waals surface area contributed by atoms with Gasteiger partial charge in [0.15, 0.2) is 5.78 Å². The molecule has 0 atom stereocenters. The highest BCUT2D eigenvalue weighted by molar-refractivity contribution is 5.92. The second-order valence-corrected chi connectivity index (χ2v) is 3.84. The Balaban J connectivity index is 2.34. The van der Waals surface area contributed by atoms with E-state index in [9.17, 15) is 18.7 Å². The Morgan fingerprint density at radius 3 is 2.72 bits per heavy atom. The van der Waals surface area contributed by atoms with Crippen LogP contribution in [0.2, 0.25) is 0 Å². The number of Topliss-reactive ketones (excluding diaryl/α,β-unsaturated/α-hetero) is 1. The minimum absolute atomic E-state index is 0.0449. The van der Waals surface area contributed by atoms with Gasteiger partial charge in [0.25, 0.3) is 0 Å². The van der Waals surface area contributed by atoms with E-state index in [0.717, 1.165) is 22.9 Å². The summed E-state index contributed by atoms with van der Waals surface area (Å²) in [5, 5.41) is 13.3. The summed E-state index contributed by atoms with van der Waals surface area (Å²) in [6, 6.07) is 4.20. The molecule has 18 heavy (non-hydrogen) atoms. The van der Waals surface area contributed by atoms with Crippen molar-refractivity contribution in [3.05, 3.63) is 47.2 Å². The lowest BCUT2D eigenvalue weighted by molar-refractivity contribution is 0.101. The quantitative estimate of drug-likeness (QED) is 0.851. The molecule has 0 unspecified atom stereocenters. The SMILES string of the molecule is CC(=O)c1cc(O)n(Cc2cc(F)ccc2F)n1. The number of aromatic nitrogens is 2. The maximum absolute atomic E-state index is 13.4. The van der Waals surface area contributed by atoms with Gasteiger partial charge in [0.1, 0.15) is 17.3 Å². The van der Waals surface area contributed by atoms with Crippen LogP contribution in [0.25, 0.3) is 0 Å². The molecule has 2 rings (SSSR count). The number of carbonyl (C=O) groups is 1. The predicted molar refractivity (Wildman–Crippen MR) is 59.4 cm³/mol. The molecule has 6 heteroatoms.